The molecule has 1 amide bonds. The van der Waals surface area contributed by atoms with Gasteiger partial charge in [-0.3, -0.25) is 4.79 Å². The standard InChI is InChI=1S/C15H20N4O3S2/c1-4-12-14(23-19-18-12)15(20)16-7-8-17-24(21,22)13-9-10(2)5-6-11(13)3/h5-6,9,17H,4,7-8H2,1-3H3,(H,16,20). The fraction of sp³-hybridized carbons (Fsp3) is 0.400. The van der Waals surface area contributed by atoms with E-state index in [4.69, 9.17) is 0 Å². The minimum atomic E-state index is -3.60. The Bertz CT molecular complexity index is 831. The molecule has 1 aromatic carbocycles. The van der Waals surface area contributed by atoms with E-state index < -0.39 is 10.0 Å². The molecule has 0 bridgehead atoms. The van der Waals surface area contributed by atoms with Gasteiger partial charge in [0.2, 0.25) is 10.0 Å². The summed E-state index contributed by atoms with van der Waals surface area (Å²) in [5.74, 6) is -0.284. The Hall–Kier alpha value is -1.84. The maximum absolute atomic E-state index is 12.3. The van der Waals surface area contributed by atoms with E-state index in [0.29, 0.717) is 22.6 Å². The molecule has 0 spiro atoms. The summed E-state index contributed by atoms with van der Waals surface area (Å²) in [4.78, 5) is 12.7. The second-order valence-corrected chi connectivity index (χ2v) is 7.81. The lowest BCUT2D eigenvalue weighted by Crippen LogP contribution is -2.35. The first-order chi connectivity index (χ1) is 11.3. The lowest BCUT2D eigenvalue weighted by molar-refractivity contribution is 0.0957. The minimum absolute atomic E-state index is 0.106. The number of hydrogen-bond acceptors (Lipinski definition) is 6. The first-order valence-corrected chi connectivity index (χ1v) is 9.77. The molecule has 0 aliphatic carbocycles. The van der Waals surface area contributed by atoms with Gasteiger partial charge in [-0.05, 0) is 49.0 Å². The zero-order valence-electron chi connectivity index (χ0n) is 13.8. The topological polar surface area (TPSA) is 101 Å². The number of carbonyl (C=O) groups excluding carboxylic acids is 1. The van der Waals surface area contributed by atoms with Crippen LogP contribution >= 0.6 is 11.5 Å². The van der Waals surface area contributed by atoms with Crippen molar-refractivity contribution in [3.05, 3.63) is 39.9 Å². The smallest absolute Gasteiger partial charge is 0.264 e. The number of benzene rings is 1. The van der Waals surface area contributed by atoms with Crippen molar-refractivity contribution >= 4 is 27.5 Å². The molecule has 2 rings (SSSR count). The van der Waals surface area contributed by atoms with Crippen LogP contribution in [0.2, 0.25) is 0 Å². The molecule has 0 radical (unpaired) electrons. The van der Waals surface area contributed by atoms with E-state index in [0.717, 1.165) is 17.1 Å². The largest absolute Gasteiger partial charge is 0.350 e. The number of hydrogen-bond donors (Lipinski definition) is 2. The summed E-state index contributed by atoms with van der Waals surface area (Å²) in [7, 11) is -3.60. The molecule has 2 aromatic rings. The summed E-state index contributed by atoms with van der Waals surface area (Å²) in [6.45, 7) is 5.77. The van der Waals surface area contributed by atoms with Gasteiger partial charge < -0.3 is 5.32 Å². The zero-order valence-corrected chi connectivity index (χ0v) is 15.4. The van der Waals surface area contributed by atoms with Gasteiger partial charge in [-0.2, -0.15) is 0 Å². The normalized spacial score (nSPS) is 11.5. The van der Waals surface area contributed by atoms with Gasteiger partial charge in [-0.15, -0.1) is 5.10 Å². The summed E-state index contributed by atoms with van der Waals surface area (Å²) >= 11 is 1.03. The van der Waals surface area contributed by atoms with Gasteiger partial charge in [-0.1, -0.05) is 23.5 Å². The SMILES string of the molecule is CCc1nnsc1C(=O)NCCNS(=O)(=O)c1cc(C)ccc1C. The van der Waals surface area contributed by atoms with Crippen LogP contribution in [-0.4, -0.2) is 37.0 Å². The molecule has 2 N–H and O–H groups in total. The highest BCUT2D eigenvalue weighted by Gasteiger charge is 2.17. The summed E-state index contributed by atoms with van der Waals surface area (Å²) in [6.07, 6.45) is 0.624. The van der Waals surface area contributed by atoms with Crippen molar-refractivity contribution in [3.8, 4) is 0 Å². The van der Waals surface area contributed by atoms with Crippen molar-refractivity contribution in [1.29, 1.82) is 0 Å². The van der Waals surface area contributed by atoms with Crippen LogP contribution < -0.4 is 10.0 Å². The average Bonchev–Trinajstić information content (AvgIpc) is 3.02. The van der Waals surface area contributed by atoms with Gasteiger partial charge in [0.1, 0.15) is 4.88 Å². The predicted octanol–water partition coefficient (Wildman–Crippen LogP) is 1.43. The van der Waals surface area contributed by atoms with E-state index >= 15 is 0 Å². The summed E-state index contributed by atoms with van der Waals surface area (Å²) in [5, 5.41) is 6.55. The van der Waals surface area contributed by atoms with Gasteiger partial charge in [-0.25, -0.2) is 13.1 Å². The molecule has 0 saturated heterocycles. The second kappa shape index (κ2) is 7.82. The highest BCUT2D eigenvalue weighted by atomic mass is 32.2. The molecule has 1 heterocycles. The van der Waals surface area contributed by atoms with Crippen LogP contribution in [0.5, 0.6) is 0 Å². The van der Waals surface area contributed by atoms with Gasteiger partial charge in [0.05, 0.1) is 10.6 Å². The molecular formula is C15H20N4O3S2. The third kappa shape index (κ3) is 4.37. The van der Waals surface area contributed by atoms with Crippen LogP contribution in [0, 0.1) is 13.8 Å². The number of nitrogens with zero attached hydrogens (tertiary/aromatic N) is 2. The molecule has 0 aliphatic rings. The summed E-state index contributed by atoms with van der Waals surface area (Å²) in [6, 6.07) is 5.27. The Balaban J connectivity index is 1.92. The van der Waals surface area contributed by atoms with Crippen LogP contribution in [0.15, 0.2) is 23.1 Å². The van der Waals surface area contributed by atoms with Gasteiger partial charge in [0, 0.05) is 13.1 Å². The molecule has 24 heavy (non-hydrogen) atoms. The second-order valence-electron chi connectivity index (χ2n) is 5.32. The van der Waals surface area contributed by atoms with Gasteiger partial charge in [0.25, 0.3) is 5.91 Å². The fourth-order valence-corrected chi connectivity index (χ4v) is 4.15. The Morgan fingerprint density at radius 3 is 2.71 bits per heavy atom. The van der Waals surface area contributed by atoms with E-state index in [1.54, 1.807) is 19.1 Å². The van der Waals surface area contributed by atoms with Crippen LogP contribution in [0.4, 0.5) is 0 Å². The first kappa shape index (κ1) is 18.5. The zero-order chi connectivity index (χ0) is 17.7. The first-order valence-electron chi connectivity index (χ1n) is 7.51. The van der Waals surface area contributed by atoms with Gasteiger partial charge >= 0.3 is 0 Å². The van der Waals surface area contributed by atoms with Crippen molar-refractivity contribution in [2.24, 2.45) is 0 Å². The number of amides is 1. The van der Waals surface area contributed by atoms with Crippen LogP contribution in [0.1, 0.15) is 33.4 Å². The number of carbonyl (C=O) groups is 1. The van der Waals surface area contributed by atoms with Crippen LogP contribution in [-0.2, 0) is 16.4 Å². The lowest BCUT2D eigenvalue weighted by atomic mass is 10.2. The molecule has 130 valence electrons. The Morgan fingerprint density at radius 2 is 2.00 bits per heavy atom. The van der Waals surface area contributed by atoms with Crippen LogP contribution in [0.25, 0.3) is 0 Å². The number of rotatable bonds is 7. The van der Waals surface area contributed by atoms with E-state index in [-0.39, 0.29) is 23.9 Å². The molecule has 0 atom stereocenters. The Labute approximate surface area is 145 Å². The maximum atomic E-state index is 12.3. The molecule has 7 nitrogen and oxygen atoms in total. The van der Waals surface area contributed by atoms with Crippen molar-refractivity contribution in [1.82, 2.24) is 19.6 Å². The van der Waals surface area contributed by atoms with Crippen molar-refractivity contribution in [3.63, 3.8) is 0 Å². The third-order valence-electron chi connectivity index (χ3n) is 3.43. The summed E-state index contributed by atoms with van der Waals surface area (Å²) in [5.41, 5.74) is 2.20. The average molecular weight is 368 g/mol. The molecular weight excluding hydrogens is 348 g/mol. The van der Waals surface area contributed by atoms with Crippen molar-refractivity contribution in [2.45, 2.75) is 32.1 Å². The number of aromatic nitrogens is 2. The van der Waals surface area contributed by atoms with Crippen LogP contribution in [0.3, 0.4) is 0 Å². The highest BCUT2D eigenvalue weighted by molar-refractivity contribution is 7.89. The number of nitrogens with one attached hydrogen (secondary N) is 2. The monoisotopic (exact) mass is 368 g/mol. The van der Waals surface area contributed by atoms with Gasteiger partial charge in [0.15, 0.2) is 0 Å². The van der Waals surface area contributed by atoms with E-state index in [1.165, 1.54) is 0 Å². The van der Waals surface area contributed by atoms with Crippen molar-refractivity contribution < 1.29 is 13.2 Å². The molecule has 1 aromatic heterocycles. The molecule has 0 unspecified atom stereocenters. The van der Waals surface area contributed by atoms with E-state index in [1.807, 2.05) is 19.9 Å². The molecule has 0 saturated carbocycles. The molecule has 0 fully saturated rings. The summed E-state index contributed by atoms with van der Waals surface area (Å²) < 4.78 is 30.9. The third-order valence-corrected chi connectivity index (χ3v) is 5.80. The van der Waals surface area contributed by atoms with Crippen molar-refractivity contribution in [2.75, 3.05) is 13.1 Å². The quantitative estimate of drug-likeness (QED) is 0.720. The molecule has 9 heteroatoms. The molecule has 0 aliphatic heterocycles. The number of sulfonamides is 1. The fourth-order valence-electron chi connectivity index (χ4n) is 2.13. The highest BCUT2D eigenvalue weighted by Crippen LogP contribution is 2.16. The lowest BCUT2D eigenvalue weighted by Gasteiger charge is -2.10. The van der Waals surface area contributed by atoms with E-state index in [9.17, 15) is 13.2 Å². The Morgan fingerprint density at radius 1 is 1.25 bits per heavy atom. The Kier molecular flexibility index (Phi) is 6.03. The minimum Gasteiger partial charge on any atom is -0.350 e. The van der Waals surface area contributed by atoms with E-state index in [2.05, 4.69) is 19.6 Å². The number of aryl methyl sites for hydroxylation is 3. The maximum Gasteiger partial charge on any atom is 0.264 e. The predicted molar refractivity (Wildman–Crippen MR) is 92.7 cm³/mol.